The zero-order valence-corrected chi connectivity index (χ0v) is 9.99. The SMILES string of the molecule is CCC(C)N(C)c1ccc(CNC)nn1. The Balaban J connectivity index is 2.70. The molecule has 0 saturated heterocycles. The molecule has 1 rings (SSSR count). The lowest BCUT2D eigenvalue weighted by Crippen LogP contribution is -2.29. The van der Waals surface area contributed by atoms with Gasteiger partial charge in [0.05, 0.1) is 5.69 Å². The summed E-state index contributed by atoms with van der Waals surface area (Å²) in [5, 5.41) is 11.4. The quantitative estimate of drug-likeness (QED) is 0.794. The van der Waals surface area contributed by atoms with Crippen LogP contribution < -0.4 is 10.2 Å². The third-order valence-corrected chi connectivity index (χ3v) is 2.68. The van der Waals surface area contributed by atoms with Crippen LogP contribution in [-0.4, -0.2) is 30.3 Å². The molecular formula is C11H20N4. The van der Waals surface area contributed by atoms with Crippen LogP contribution in [-0.2, 0) is 6.54 Å². The molecule has 0 aliphatic carbocycles. The first-order valence-electron chi connectivity index (χ1n) is 5.39. The topological polar surface area (TPSA) is 41.0 Å². The van der Waals surface area contributed by atoms with Crippen molar-refractivity contribution in [2.45, 2.75) is 32.9 Å². The van der Waals surface area contributed by atoms with E-state index in [1.165, 1.54) is 0 Å². The van der Waals surface area contributed by atoms with Gasteiger partial charge in [-0.1, -0.05) is 6.92 Å². The first-order valence-corrected chi connectivity index (χ1v) is 5.39. The maximum absolute atomic E-state index is 4.20. The van der Waals surface area contributed by atoms with E-state index in [0.717, 1.165) is 24.5 Å². The van der Waals surface area contributed by atoms with Crippen LogP contribution in [0.5, 0.6) is 0 Å². The molecule has 0 fully saturated rings. The number of rotatable bonds is 5. The van der Waals surface area contributed by atoms with Gasteiger partial charge in [0, 0.05) is 19.6 Å². The Morgan fingerprint density at radius 1 is 1.40 bits per heavy atom. The van der Waals surface area contributed by atoms with Crippen LogP contribution in [0, 0.1) is 0 Å². The Hall–Kier alpha value is -1.16. The van der Waals surface area contributed by atoms with Crippen LogP contribution in [0.4, 0.5) is 5.82 Å². The van der Waals surface area contributed by atoms with Crippen LogP contribution in [0.2, 0.25) is 0 Å². The minimum Gasteiger partial charge on any atom is -0.356 e. The van der Waals surface area contributed by atoms with E-state index in [1.54, 1.807) is 0 Å². The van der Waals surface area contributed by atoms with E-state index in [2.05, 4.69) is 41.3 Å². The molecule has 0 saturated carbocycles. The summed E-state index contributed by atoms with van der Waals surface area (Å²) >= 11 is 0. The largest absolute Gasteiger partial charge is 0.356 e. The summed E-state index contributed by atoms with van der Waals surface area (Å²) in [6.45, 7) is 5.12. The van der Waals surface area contributed by atoms with Crippen molar-refractivity contribution in [3.63, 3.8) is 0 Å². The molecule has 1 aromatic heterocycles. The summed E-state index contributed by atoms with van der Waals surface area (Å²) in [5.74, 6) is 0.934. The Kier molecular flexibility index (Phi) is 4.49. The summed E-state index contributed by atoms with van der Waals surface area (Å²) in [6, 6.07) is 4.53. The van der Waals surface area contributed by atoms with E-state index < -0.39 is 0 Å². The number of aromatic nitrogens is 2. The normalized spacial score (nSPS) is 12.5. The number of anilines is 1. The molecule has 0 bridgehead atoms. The molecule has 0 radical (unpaired) electrons. The molecular weight excluding hydrogens is 188 g/mol. The molecule has 1 atom stereocenters. The van der Waals surface area contributed by atoms with Crippen molar-refractivity contribution in [2.75, 3.05) is 19.0 Å². The highest BCUT2D eigenvalue weighted by molar-refractivity contribution is 5.37. The Morgan fingerprint density at radius 3 is 2.60 bits per heavy atom. The van der Waals surface area contributed by atoms with Gasteiger partial charge in [-0.05, 0) is 32.5 Å². The third kappa shape index (κ3) is 3.16. The molecule has 0 aliphatic rings. The predicted octanol–water partition coefficient (Wildman–Crippen LogP) is 1.43. The van der Waals surface area contributed by atoms with Gasteiger partial charge in [-0.15, -0.1) is 5.10 Å². The molecule has 4 heteroatoms. The van der Waals surface area contributed by atoms with Gasteiger partial charge in [0.25, 0.3) is 0 Å². The lowest BCUT2D eigenvalue weighted by atomic mass is 10.2. The van der Waals surface area contributed by atoms with Crippen LogP contribution in [0.1, 0.15) is 26.0 Å². The maximum Gasteiger partial charge on any atom is 0.151 e. The predicted molar refractivity (Wildman–Crippen MR) is 63.0 cm³/mol. The van der Waals surface area contributed by atoms with Gasteiger partial charge in [-0.25, -0.2) is 0 Å². The Bertz CT molecular complexity index is 283. The van der Waals surface area contributed by atoms with Gasteiger partial charge in [0.2, 0.25) is 0 Å². The molecule has 1 N–H and O–H groups in total. The Labute approximate surface area is 91.7 Å². The molecule has 1 aromatic rings. The van der Waals surface area contributed by atoms with Gasteiger partial charge >= 0.3 is 0 Å². The van der Waals surface area contributed by atoms with E-state index in [4.69, 9.17) is 0 Å². The summed E-state index contributed by atoms with van der Waals surface area (Å²) in [5.41, 5.74) is 0.971. The number of nitrogens with zero attached hydrogens (tertiary/aromatic N) is 3. The van der Waals surface area contributed by atoms with Crippen molar-refractivity contribution >= 4 is 5.82 Å². The van der Waals surface area contributed by atoms with Gasteiger partial charge in [0.15, 0.2) is 5.82 Å². The second-order valence-electron chi connectivity index (χ2n) is 3.78. The van der Waals surface area contributed by atoms with Crippen LogP contribution >= 0.6 is 0 Å². The fraction of sp³-hybridized carbons (Fsp3) is 0.636. The molecule has 0 amide bonds. The van der Waals surface area contributed by atoms with E-state index in [-0.39, 0.29) is 0 Å². The number of nitrogens with one attached hydrogen (secondary N) is 1. The van der Waals surface area contributed by atoms with E-state index in [9.17, 15) is 0 Å². The van der Waals surface area contributed by atoms with Gasteiger partial charge < -0.3 is 10.2 Å². The highest BCUT2D eigenvalue weighted by Gasteiger charge is 2.09. The van der Waals surface area contributed by atoms with Crippen LogP contribution in [0.15, 0.2) is 12.1 Å². The van der Waals surface area contributed by atoms with Crippen molar-refractivity contribution in [2.24, 2.45) is 0 Å². The first kappa shape index (κ1) is 11.9. The Morgan fingerprint density at radius 2 is 2.13 bits per heavy atom. The molecule has 15 heavy (non-hydrogen) atoms. The third-order valence-electron chi connectivity index (χ3n) is 2.68. The molecule has 84 valence electrons. The van der Waals surface area contributed by atoms with E-state index >= 15 is 0 Å². The average molecular weight is 208 g/mol. The summed E-state index contributed by atoms with van der Waals surface area (Å²) in [7, 11) is 3.96. The fourth-order valence-electron chi connectivity index (χ4n) is 1.32. The van der Waals surface area contributed by atoms with Crippen molar-refractivity contribution in [3.8, 4) is 0 Å². The molecule has 0 spiro atoms. The molecule has 0 aromatic carbocycles. The average Bonchev–Trinajstić information content (AvgIpc) is 2.28. The zero-order valence-electron chi connectivity index (χ0n) is 9.99. The summed E-state index contributed by atoms with van der Waals surface area (Å²) in [4.78, 5) is 2.15. The molecule has 4 nitrogen and oxygen atoms in total. The summed E-state index contributed by atoms with van der Waals surface area (Å²) in [6.07, 6.45) is 1.11. The van der Waals surface area contributed by atoms with Gasteiger partial charge in [-0.2, -0.15) is 5.10 Å². The van der Waals surface area contributed by atoms with Crippen molar-refractivity contribution < 1.29 is 0 Å². The van der Waals surface area contributed by atoms with Crippen LogP contribution in [0.3, 0.4) is 0 Å². The standard InChI is InChI=1S/C11H20N4/c1-5-9(2)15(4)11-7-6-10(8-12-3)13-14-11/h6-7,9,12H,5,8H2,1-4H3. The van der Waals surface area contributed by atoms with Gasteiger partial charge in [0.1, 0.15) is 0 Å². The van der Waals surface area contributed by atoms with Crippen molar-refractivity contribution in [1.82, 2.24) is 15.5 Å². The van der Waals surface area contributed by atoms with Gasteiger partial charge in [-0.3, -0.25) is 0 Å². The minimum absolute atomic E-state index is 0.495. The summed E-state index contributed by atoms with van der Waals surface area (Å²) < 4.78 is 0. The highest BCUT2D eigenvalue weighted by Crippen LogP contribution is 2.12. The molecule has 0 aliphatic heterocycles. The second kappa shape index (κ2) is 5.66. The van der Waals surface area contributed by atoms with E-state index in [1.807, 2.05) is 19.2 Å². The molecule has 1 heterocycles. The maximum atomic E-state index is 4.20. The second-order valence-corrected chi connectivity index (χ2v) is 3.78. The lowest BCUT2D eigenvalue weighted by Gasteiger charge is -2.24. The minimum atomic E-state index is 0.495. The van der Waals surface area contributed by atoms with Crippen molar-refractivity contribution in [1.29, 1.82) is 0 Å². The first-order chi connectivity index (χ1) is 7.19. The van der Waals surface area contributed by atoms with E-state index in [0.29, 0.717) is 6.04 Å². The smallest absolute Gasteiger partial charge is 0.151 e. The fourth-order valence-corrected chi connectivity index (χ4v) is 1.32. The number of hydrogen-bond donors (Lipinski definition) is 1. The monoisotopic (exact) mass is 208 g/mol. The van der Waals surface area contributed by atoms with Crippen molar-refractivity contribution in [3.05, 3.63) is 17.8 Å². The lowest BCUT2D eigenvalue weighted by molar-refractivity contribution is 0.649. The highest BCUT2D eigenvalue weighted by atomic mass is 15.3. The zero-order chi connectivity index (χ0) is 11.3. The van der Waals surface area contributed by atoms with Crippen LogP contribution in [0.25, 0.3) is 0 Å². The molecule has 1 unspecified atom stereocenters. The number of hydrogen-bond acceptors (Lipinski definition) is 4.